The molecule has 2 N–H and O–H groups in total. The molecule has 1 amide bonds. The summed E-state index contributed by atoms with van der Waals surface area (Å²) in [5, 5.41) is 10.4. The zero-order valence-corrected chi connectivity index (χ0v) is 10.4. The van der Waals surface area contributed by atoms with Crippen molar-refractivity contribution in [1.82, 2.24) is 20.4 Å². The smallest absolute Gasteiger partial charge is 0.237 e. The zero-order valence-electron chi connectivity index (χ0n) is 10.4. The van der Waals surface area contributed by atoms with E-state index >= 15 is 0 Å². The standard InChI is InChI=1S/C12H20N4O/c1-9(8-16-7-3-6-13-16)14-10(2)12(17)15-11-4-5-11/h3,6-7,9-11,14H,4-5,8H2,1-2H3,(H,15,17). The van der Waals surface area contributed by atoms with E-state index in [9.17, 15) is 4.79 Å². The Morgan fingerprint density at radius 3 is 2.88 bits per heavy atom. The van der Waals surface area contributed by atoms with Crippen LogP contribution in [0.25, 0.3) is 0 Å². The molecule has 0 radical (unpaired) electrons. The predicted molar refractivity (Wildman–Crippen MR) is 65.5 cm³/mol. The van der Waals surface area contributed by atoms with Crippen LogP contribution in [-0.2, 0) is 11.3 Å². The third kappa shape index (κ3) is 3.85. The van der Waals surface area contributed by atoms with Gasteiger partial charge in [0, 0.05) is 24.5 Å². The Morgan fingerprint density at radius 2 is 2.29 bits per heavy atom. The number of hydrogen-bond acceptors (Lipinski definition) is 3. The number of carbonyl (C=O) groups is 1. The van der Waals surface area contributed by atoms with Crippen molar-refractivity contribution < 1.29 is 4.79 Å². The van der Waals surface area contributed by atoms with E-state index < -0.39 is 0 Å². The fourth-order valence-electron chi connectivity index (χ4n) is 1.80. The molecule has 0 aromatic carbocycles. The third-order valence-electron chi connectivity index (χ3n) is 2.87. The molecular weight excluding hydrogens is 216 g/mol. The Hall–Kier alpha value is -1.36. The van der Waals surface area contributed by atoms with Crippen LogP contribution >= 0.6 is 0 Å². The van der Waals surface area contributed by atoms with Gasteiger partial charge in [-0.1, -0.05) is 0 Å². The summed E-state index contributed by atoms with van der Waals surface area (Å²) in [5.41, 5.74) is 0. The molecule has 0 aliphatic heterocycles. The van der Waals surface area contributed by atoms with E-state index in [-0.39, 0.29) is 18.0 Å². The van der Waals surface area contributed by atoms with E-state index in [0.717, 1.165) is 19.4 Å². The highest BCUT2D eigenvalue weighted by Crippen LogP contribution is 2.18. The van der Waals surface area contributed by atoms with Crippen molar-refractivity contribution >= 4 is 5.91 Å². The van der Waals surface area contributed by atoms with Crippen molar-refractivity contribution in [1.29, 1.82) is 0 Å². The van der Waals surface area contributed by atoms with E-state index in [0.29, 0.717) is 6.04 Å². The quantitative estimate of drug-likeness (QED) is 0.757. The molecule has 1 aromatic heterocycles. The molecule has 1 aromatic rings. The summed E-state index contributed by atoms with van der Waals surface area (Å²) in [6, 6.07) is 2.39. The molecule has 2 atom stereocenters. The summed E-state index contributed by atoms with van der Waals surface area (Å²) in [5.74, 6) is 0.0971. The highest BCUT2D eigenvalue weighted by atomic mass is 16.2. The lowest BCUT2D eigenvalue weighted by molar-refractivity contribution is -0.123. The van der Waals surface area contributed by atoms with E-state index in [2.05, 4.69) is 22.7 Å². The molecule has 0 saturated heterocycles. The first-order valence-corrected chi connectivity index (χ1v) is 6.19. The van der Waals surface area contributed by atoms with Gasteiger partial charge in [-0.2, -0.15) is 5.10 Å². The summed E-state index contributed by atoms with van der Waals surface area (Å²) in [6.45, 7) is 4.73. The molecule has 1 aliphatic carbocycles. The summed E-state index contributed by atoms with van der Waals surface area (Å²) in [7, 11) is 0. The van der Waals surface area contributed by atoms with Gasteiger partial charge in [-0.05, 0) is 32.8 Å². The molecule has 0 bridgehead atoms. The van der Waals surface area contributed by atoms with Crippen molar-refractivity contribution in [3.05, 3.63) is 18.5 Å². The van der Waals surface area contributed by atoms with Crippen LogP contribution in [0.5, 0.6) is 0 Å². The van der Waals surface area contributed by atoms with Gasteiger partial charge in [-0.15, -0.1) is 0 Å². The van der Waals surface area contributed by atoms with Gasteiger partial charge in [-0.3, -0.25) is 9.48 Å². The molecule has 5 nitrogen and oxygen atoms in total. The molecule has 5 heteroatoms. The summed E-state index contributed by atoms with van der Waals surface area (Å²) >= 11 is 0. The molecule has 1 saturated carbocycles. The highest BCUT2D eigenvalue weighted by Gasteiger charge is 2.25. The van der Waals surface area contributed by atoms with E-state index in [1.165, 1.54) is 0 Å². The van der Waals surface area contributed by atoms with Gasteiger partial charge in [0.1, 0.15) is 0 Å². The fourth-order valence-corrected chi connectivity index (χ4v) is 1.80. The minimum Gasteiger partial charge on any atom is -0.352 e. The van der Waals surface area contributed by atoms with Gasteiger partial charge in [-0.25, -0.2) is 0 Å². The lowest BCUT2D eigenvalue weighted by atomic mass is 10.2. The molecule has 94 valence electrons. The van der Waals surface area contributed by atoms with Crippen molar-refractivity contribution in [3.63, 3.8) is 0 Å². The second-order valence-electron chi connectivity index (χ2n) is 4.80. The van der Waals surface area contributed by atoms with Crippen LogP contribution in [0, 0.1) is 0 Å². The second-order valence-corrected chi connectivity index (χ2v) is 4.80. The van der Waals surface area contributed by atoms with E-state index in [4.69, 9.17) is 0 Å². The second kappa shape index (κ2) is 5.31. The Morgan fingerprint density at radius 1 is 1.53 bits per heavy atom. The molecule has 2 unspecified atom stereocenters. The summed E-state index contributed by atoms with van der Waals surface area (Å²) < 4.78 is 1.86. The fraction of sp³-hybridized carbons (Fsp3) is 0.667. The topological polar surface area (TPSA) is 59.0 Å². The number of amides is 1. The molecule has 1 heterocycles. The number of aromatic nitrogens is 2. The van der Waals surface area contributed by atoms with E-state index in [1.54, 1.807) is 6.20 Å². The van der Waals surface area contributed by atoms with Crippen LogP contribution in [0.2, 0.25) is 0 Å². The SMILES string of the molecule is CC(Cn1cccn1)NC(C)C(=O)NC1CC1. The first-order chi connectivity index (χ1) is 8.15. The number of rotatable bonds is 6. The molecule has 17 heavy (non-hydrogen) atoms. The molecular formula is C12H20N4O. The molecule has 0 spiro atoms. The van der Waals surface area contributed by atoms with Gasteiger partial charge >= 0.3 is 0 Å². The average Bonchev–Trinajstić information content (AvgIpc) is 2.93. The van der Waals surface area contributed by atoms with Gasteiger partial charge in [0.2, 0.25) is 5.91 Å². The number of hydrogen-bond donors (Lipinski definition) is 2. The molecule has 1 aliphatic rings. The molecule has 1 fully saturated rings. The van der Waals surface area contributed by atoms with Crippen molar-refractivity contribution in [2.24, 2.45) is 0 Å². The number of nitrogens with zero attached hydrogens (tertiary/aromatic N) is 2. The van der Waals surface area contributed by atoms with Crippen molar-refractivity contribution in [3.8, 4) is 0 Å². The van der Waals surface area contributed by atoms with Crippen LogP contribution in [0.1, 0.15) is 26.7 Å². The maximum absolute atomic E-state index is 11.7. The van der Waals surface area contributed by atoms with Crippen molar-refractivity contribution in [2.75, 3.05) is 0 Å². The first-order valence-electron chi connectivity index (χ1n) is 6.19. The Bertz CT molecular complexity index is 359. The van der Waals surface area contributed by atoms with Gasteiger partial charge in [0.15, 0.2) is 0 Å². The normalized spacial score (nSPS) is 18.7. The Kier molecular flexibility index (Phi) is 3.78. The Balaban J connectivity index is 1.72. The van der Waals surface area contributed by atoms with Crippen molar-refractivity contribution in [2.45, 2.75) is 51.4 Å². The van der Waals surface area contributed by atoms with Crippen LogP contribution < -0.4 is 10.6 Å². The first kappa shape index (κ1) is 12.1. The van der Waals surface area contributed by atoms with Crippen LogP contribution in [-0.4, -0.2) is 33.8 Å². The van der Waals surface area contributed by atoms with Crippen LogP contribution in [0.3, 0.4) is 0 Å². The predicted octanol–water partition coefficient (Wildman–Crippen LogP) is 0.528. The lowest BCUT2D eigenvalue weighted by Crippen LogP contribution is -2.47. The zero-order chi connectivity index (χ0) is 12.3. The lowest BCUT2D eigenvalue weighted by Gasteiger charge is -2.19. The number of nitrogens with one attached hydrogen (secondary N) is 2. The van der Waals surface area contributed by atoms with Gasteiger partial charge < -0.3 is 10.6 Å². The minimum atomic E-state index is -0.152. The Labute approximate surface area is 102 Å². The largest absolute Gasteiger partial charge is 0.352 e. The van der Waals surface area contributed by atoms with Gasteiger partial charge in [0.05, 0.1) is 12.6 Å². The minimum absolute atomic E-state index is 0.0971. The van der Waals surface area contributed by atoms with Gasteiger partial charge in [0.25, 0.3) is 0 Å². The highest BCUT2D eigenvalue weighted by molar-refractivity contribution is 5.81. The van der Waals surface area contributed by atoms with Crippen LogP contribution in [0.15, 0.2) is 18.5 Å². The monoisotopic (exact) mass is 236 g/mol. The van der Waals surface area contributed by atoms with E-state index in [1.807, 2.05) is 23.9 Å². The summed E-state index contributed by atoms with van der Waals surface area (Å²) in [6.07, 6.45) is 5.94. The number of carbonyl (C=O) groups excluding carboxylic acids is 1. The maximum Gasteiger partial charge on any atom is 0.237 e. The third-order valence-corrected chi connectivity index (χ3v) is 2.87. The summed E-state index contributed by atoms with van der Waals surface area (Å²) in [4.78, 5) is 11.7. The molecule has 2 rings (SSSR count). The van der Waals surface area contributed by atoms with Crippen LogP contribution in [0.4, 0.5) is 0 Å². The maximum atomic E-state index is 11.7. The average molecular weight is 236 g/mol.